The Bertz CT molecular complexity index is 1060. The third-order valence-electron chi connectivity index (χ3n) is 4.50. The average Bonchev–Trinajstić information content (AvgIpc) is 2.91. The van der Waals surface area contributed by atoms with Crippen LogP contribution in [0.5, 0.6) is 0 Å². The third-order valence-corrected chi connectivity index (χ3v) is 6.21. The third kappa shape index (κ3) is 12.7. The zero-order valence-electron chi connectivity index (χ0n) is 20.1. The molecule has 0 bridgehead atoms. The second-order valence-corrected chi connectivity index (χ2v) is 9.33. The normalized spacial score (nSPS) is 11.8. The molecule has 0 saturated heterocycles. The van der Waals surface area contributed by atoms with E-state index in [9.17, 15) is 28.8 Å². The van der Waals surface area contributed by atoms with Crippen LogP contribution < -0.4 is 10.6 Å². The molecule has 0 saturated carbocycles. The maximum absolute atomic E-state index is 12.5. The molecule has 13 nitrogen and oxygen atoms in total. The number of carboxylic acid groups (broad SMARTS) is 2. The van der Waals surface area contributed by atoms with Crippen LogP contribution in [0.4, 0.5) is 19.2 Å². The van der Waals surface area contributed by atoms with Crippen molar-refractivity contribution in [2.75, 3.05) is 11.5 Å². The second kappa shape index (κ2) is 16.6. The standard InChI is InChI=1S/C24H24N2O11S2/c27-19(17(25-21(29)30)13-38-23(33)35-11-15-7-3-1-4-8-15)37-20(28)18(26-22(31)32)14-39-24(34)36-12-16-9-5-2-6-10-16/h1-10,17-18,25-26H,11-14H2,(H,29,30)(H,31,32)/t17-,18-/m0/s1. The van der Waals surface area contributed by atoms with Crippen molar-refractivity contribution in [2.24, 2.45) is 0 Å². The first kappa shape index (κ1) is 31.0. The molecule has 2 atom stereocenters. The molecule has 0 aliphatic rings. The van der Waals surface area contributed by atoms with Gasteiger partial charge in [0.15, 0.2) is 0 Å². The number of thioether (sulfide) groups is 2. The summed E-state index contributed by atoms with van der Waals surface area (Å²) in [7, 11) is 0. The molecule has 2 aromatic rings. The van der Waals surface area contributed by atoms with E-state index in [0.717, 1.165) is 0 Å². The molecule has 2 aromatic carbocycles. The van der Waals surface area contributed by atoms with Crippen molar-refractivity contribution in [3.8, 4) is 0 Å². The molecule has 208 valence electrons. The molecular weight excluding hydrogens is 556 g/mol. The van der Waals surface area contributed by atoms with Gasteiger partial charge in [-0.1, -0.05) is 60.7 Å². The summed E-state index contributed by atoms with van der Waals surface area (Å²) in [6.07, 6.45) is -3.28. The molecule has 39 heavy (non-hydrogen) atoms. The van der Waals surface area contributed by atoms with Crippen LogP contribution in [0, 0.1) is 0 Å². The van der Waals surface area contributed by atoms with E-state index < -0.39 is 58.3 Å². The Morgan fingerprint density at radius 2 is 1.00 bits per heavy atom. The minimum absolute atomic E-state index is 0.0549. The quantitative estimate of drug-likeness (QED) is 0.162. The van der Waals surface area contributed by atoms with Gasteiger partial charge < -0.3 is 35.1 Å². The lowest BCUT2D eigenvalue weighted by atomic mass is 10.2. The summed E-state index contributed by atoms with van der Waals surface area (Å²) in [6, 6.07) is 14.1. The van der Waals surface area contributed by atoms with Crippen molar-refractivity contribution in [1.29, 1.82) is 0 Å². The highest BCUT2D eigenvalue weighted by molar-refractivity contribution is 8.13. The van der Waals surface area contributed by atoms with Crippen molar-refractivity contribution in [3.63, 3.8) is 0 Å². The molecule has 0 unspecified atom stereocenters. The van der Waals surface area contributed by atoms with Crippen molar-refractivity contribution in [1.82, 2.24) is 10.6 Å². The Hall–Kier alpha value is -4.24. The number of amides is 2. The van der Waals surface area contributed by atoms with Gasteiger partial charge in [0.2, 0.25) is 0 Å². The lowest BCUT2D eigenvalue weighted by Crippen LogP contribution is -2.48. The van der Waals surface area contributed by atoms with E-state index in [4.69, 9.17) is 19.7 Å². The van der Waals surface area contributed by atoms with Gasteiger partial charge in [-0.05, 0) is 34.7 Å². The SMILES string of the molecule is O=C(O)N[C@@H](CSC(=O)OCc1ccccc1)C(=O)OC(=O)[C@H](CSC(=O)OCc1ccccc1)NC(=O)O. The zero-order chi connectivity index (χ0) is 28.6. The molecule has 15 heteroatoms. The second-order valence-electron chi connectivity index (χ2n) is 7.41. The number of ether oxygens (including phenoxy) is 3. The molecule has 0 aliphatic carbocycles. The largest absolute Gasteiger partial charge is 0.465 e. The van der Waals surface area contributed by atoms with Gasteiger partial charge in [-0.15, -0.1) is 0 Å². The molecule has 2 rings (SSSR count). The Morgan fingerprint density at radius 3 is 1.33 bits per heavy atom. The van der Waals surface area contributed by atoms with Crippen LogP contribution in [0.2, 0.25) is 0 Å². The molecule has 0 spiro atoms. The predicted octanol–water partition coefficient (Wildman–Crippen LogP) is 3.47. The van der Waals surface area contributed by atoms with E-state index in [1.165, 1.54) is 0 Å². The van der Waals surface area contributed by atoms with Crippen LogP contribution in [0.3, 0.4) is 0 Å². The van der Waals surface area contributed by atoms with Gasteiger partial charge in [-0.25, -0.2) is 28.8 Å². The van der Waals surface area contributed by atoms with Gasteiger partial charge in [0.1, 0.15) is 25.3 Å². The number of hydrogen-bond acceptors (Lipinski definition) is 11. The first-order valence-corrected chi connectivity index (χ1v) is 13.0. The minimum atomic E-state index is -1.67. The highest BCUT2D eigenvalue weighted by Gasteiger charge is 2.31. The van der Waals surface area contributed by atoms with Crippen LogP contribution in [0.25, 0.3) is 0 Å². The number of esters is 2. The summed E-state index contributed by atoms with van der Waals surface area (Å²) in [5, 5.41) is 20.0. The van der Waals surface area contributed by atoms with Crippen LogP contribution in [-0.2, 0) is 37.0 Å². The maximum atomic E-state index is 12.5. The number of rotatable bonds is 12. The number of carbonyl (C=O) groups is 6. The van der Waals surface area contributed by atoms with Crippen molar-refractivity contribution < 1.29 is 53.2 Å². The van der Waals surface area contributed by atoms with E-state index in [1.54, 1.807) is 60.7 Å². The Balaban J connectivity index is 1.89. The molecule has 2 amide bonds. The van der Waals surface area contributed by atoms with Crippen molar-refractivity contribution in [3.05, 3.63) is 71.8 Å². The van der Waals surface area contributed by atoms with E-state index in [1.807, 2.05) is 10.6 Å². The van der Waals surface area contributed by atoms with Gasteiger partial charge in [0, 0.05) is 11.5 Å². The fourth-order valence-corrected chi connectivity index (χ4v) is 4.02. The van der Waals surface area contributed by atoms with Crippen LogP contribution in [0.1, 0.15) is 11.1 Å². The van der Waals surface area contributed by atoms with Crippen molar-refractivity contribution >= 4 is 58.3 Å². The van der Waals surface area contributed by atoms with E-state index in [0.29, 0.717) is 34.7 Å². The number of hydrogen-bond donors (Lipinski definition) is 4. The van der Waals surface area contributed by atoms with Crippen LogP contribution in [0.15, 0.2) is 60.7 Å². The molecule has 0 aliphatic heterocycles. The summed E-state index contributed by atoms with van der Waals surface area (Å²) >= 11 is 0.928. The van der Waals surface area contributed by atoms with Gasteiger partial charge in [-0.3, -0.25) is 0 Å². The summed E-state index contributed by atoms with van der Waals surface area (Å²) in [5.74, 6) is -3.74. The van der Waals surface area contributed by atoms with E-state index in [-0.39, 0.29) is 13.2 Å². The lowest BCUT2D eigenvalue weighted by Gasteiger charge is -2.18. The first-order chi connectivity index (χ1) is 18.6. The first-order valence-electron chi connectivity index (χ1n) is 11.1. The van der Waals surface area contributed by atoms with Gasteiger partial charge >= 0.3 is 34.7 Å². The molecule has 4 N–H and O–H groups in total. The predicted molar refractivity (Wildman–Crippen MR) is 139 cm³/mol. The van der Waals surface area contributed by atoms with Crippen LogP contribution in [-0.4, -0.2) is 68.5 Å². The zero-order valence-corrected chi connectivity index (χ0v) is 21.8. The highest BCUT2D eigenvalue weighted by Crippen LogP contribution is 2.14. The number of nitrogens with one attached hydrogen (secondary N) is 2. The Kier molecular flexibility index (Phi) is 13.2. The molecule has 0 heterocycles. The average molecular weight is 581 g/mol. The monoisotopic (exact) mass is 580 g/mol. The molecule has 0 aromatic heterocycles. The number of benzene rings is 2. The van der Waals surface area contributed by atoms with Gasteiger partial charge in [0.25, 0.3) is 0 Å². The maximum Gasteiger partial charge on any atom is 0.405 e. The van der Waals surface area contributed by atoms with Crippen LogP contribution >= 0.6 is 23.5 Å². The molecule has 0 fully saturated rings. The summed E-state index contributed by atoms with van der Waals surface area (Å²) in [6.45, 7) is -0.110. The Morgan fingerprint density at radius 1 is 0.641 bits per heavy atom. The highest BCUT2D eigenvalue weighted by atomic mass is 32.2. The summed E-state index contributed by atoms with van der Waals surface area (Å²) < 4.78 is 14.7. The van der Waals surface area contributed by atoms with Crippen molar-refractivity contribution in [2.45, 2.75) is 25.3 Å². The van der Waals surface area contributed by atoms with Gasteiger partial charge in [-0.2, -0.15) is 0 Å². The summed E-state index contributed by atoms with van der Waals surface area (Å²) in [4.78, 5) is 71.1. The molecular formula is C24H24N2O11S2. The van der Waals surface area contributed by atoms with E-state index >= 15 is 0 Å². The Labute approximate surface area is 230 Å². The topological polar surface area (TPSA) is 195 Å². The minimum Gasteiger partial charge on any atom is -0.465 e. The van der Waals surface area contributed by atoms with Gasteiger partial charge in [0.05, 0.1) is 0 Å². The molecule has 0 radical (unpaired) electrons. The fourth-order valence-electron chi connectivity index (χ4n) is 2.70. The number of carbonyl (C=O) groups excluding carboxylic acids is 4. The summed E-state index contributed by atoms with van der Waals surface area (Å²) in [5.41, 5.74) is 1.41. The van der Waals surface area contributed by atoms with E-state index in [2.05, 4.69) is 4.74 Å². The fraction of sp³-hybridized carbons (Fsp3) is 0.250. The smallest absolute Gasteiger partial charge is 0.405 e. The lowest BCUT2D eigenvalue weighted by molar-refractivity contribution is -0.161.